The van der Waals surface area contributed by atoms with Crippen LogP contribution in [-0.4, -0.2) is 36.1 Å². The lowest BCUT2D eigenvalue weighted by Crippen LogP contribution is -2.39. The van der Waals surface area contributed by atoms with Gasteiger partial charge in [-0.25, -0.2) is 0 Å². The van der Waals surface area contributed by atoms with Crippen LogP contribution in [0.25, 0.3) is 0 Å². The summed E-state index contributed by atoms with van der Waals surface area (Å²) in [4.78, 5) is 0. The summed E-state index contributed by atoms with van der Waals surface area (Å²) < 4.78 is 5.65. The molecule has 1 aliphatic heterocycles. The molecule has 1 aromatic rings. The highest BCUT2D eigenvalue weighted by Crippen LogP contribution is 2.34. The molecule has 2 rings (SSSR count). The second kappa shape index (κ2) is 5.83. The van der Waals surface area contributed by atoms with Crippen molar-refractivity contribution in [1.29, 1.82) is 0 Å². The van der Waals surface area contributed by atoms with Crippen LogP contribution in [0.2, 0.25) is 0 Å². The van der Waals surface area contributed by atoms with Gasteiger partial charge < -0.3 is 14.9 Å². The van der Waals surface area contributed by atoms with Crippen molar-refractivity contribution in [2.24, 2.45) is 0 Å². The number of ether oxygens (including phenoxy) is 1. The Balaban J connectivity index is 2.27. The van der Waals surface area contributed by atoms with Crippen molar-refractivity contribution in [2.75, 3.05) is 19.8 Å². The van der Waals surface area contributed by atoms with Crippen LogP contribution in [0.15, 0.2) is 24.3 Å². The van der Waals surface area contributed by atoms with Gasteiger partial charge in [-0.3, -0.25) is 0 Å². The number of benzene rings is 1. The van der Waals surface area contributed by atoms with Gasteiger partial charge in [0.15, 0.2) is 0 Å². The molecule has 0 aromatic heterocycles. The maximum Gasteiger partial charge on any atom is 0.0586 e. The van der Waals surface area contributed by atoms with Gasteiger partial charge in [0.2, 0.25) is 0 Å². The molecule has 1 heterocycles. The van der Waals surface area contributed by atoms with Gasteiger partial charge in [-0.2, -0.15) is 0 Å². The molecule has 0 amide bonds. The van der Waals surface area contributed by atoms with Gasteiger partial charge in [-0.1, -0.05) is 24.3 Å². The molecule has 0 saturated carbocycles. The summed E-state index contributed by atoms with van der Waals surface area (Å²) in [5, 5.41) is 19.6. The molecule has 1 aliphatic rings. The number of aliphatic hydroxyl groups is 2. The van der Waals surface area contributed by atoms with E-state index in [4.69, 9.17) is 4.74 Å². The Morgan fingerprint density at radius 1 is 1.28 bits per heavy atom. The summed E-state index contributed by atoms with van der Waals surface area (Å²) in [7, 11) is 0. The number of hydrogen-bond donors (Lipinski definition) is 2. The van der Waals surface area contributed by atoms with E-state index in [0.29, 0.717) is 6.42 Å². The van der Waals surface area contributed by atoms with Crippen molar-refractivity contribution in [3.63, 3.8) is 0 Å². The molecule has 2 N–H and O–H groups in total. The van der Waals surface area contributed by atoms with Gasteiger partial charge in [0.1, 0.15) is 0 Å². The zero-order chi connectivity index (χ0) is 13.0. The molecule has 0 aliphatic carbocycles. The van der Waals surface area contributed by atoms with Crippen LogP contribution in [0.4, 0.5) is 0 Å². The lowest BCUT2D eigenvalue weighted by molar-refractivity contribution is 0.0387. The molecule has 3 heteroatoms. The number of aliphatic hydroxyl groups excluding tert-OH is 2. The maximum atomic E-state index is 9.80. The van der Waals surface area contributed by atoms with E-state index in [1.165, 1.54) is 0 Å². The van der Waals surface area contributed by atoms with Crippen molar-refractivity contribution in [2.45, 2.75) is 37.7 Å². The van der Waals surface area contributed by atoms with Crippen LogP contribution in [-0.2, 0) is 10.2 Å². The van der Waals surface area contributed by atoms with Crippen molar-refractivity contribution in [3.8, 4) is 0 Å². The third kappa shape index (κ3) is 2.58. The summed E-state index contributed by atoms with van der Waals surface area (Å²) in [5.41, 5.74) is 1.56. The summed E-state index contributed by atoms with van der Waals surface area (Å²) in [6.45, 7) is 2.72. The molecule has 1 saturated heterocycles. The molecule has 1 atom stereocenters. The maximum absolute atomic E-state index is 9.80. The first-order chi connectivity index (χ1) is 8.72. The minimum Gasteiger partial charge on any atom is -0.395 e. The molecule has 100 valence electrons. The summed E-state index contributed by atoms with van der Waals surface area (Å²) >= 11 is 0. The van der Waals surface area contributed by atoms with E-state index in [0.717, 1.165) is 30.6 Å². The Hall–Kier alpha value is -0.900. The average Bonchev–Trinajstić information content (AvgIpc) is 2.90. The monoisotopic (exact) mass is 250 g/mol. The van der Waals surface area contributed by atoms with Gasteiger partial charge in [-0.15, -0.1) is 0 Å². The molecule has 0 radical (unpaired) electrons. The second-order valence-electron chi connectivity index (χ2n) is 5.25. The smallest absolute Gasteiger partial charge is 0.0586 e. The molecule has 3 nitrogen and oxygen atoms in total. The highest BCUT2D eigenvalue weighted by atomic mass is 16.5. The van der Waals surface area contributed by atoms with Crippen LogP contribution in [0.5, 0.6) is 0 Å². The van der Waals surface area contributed by atoms with Crippen LogP contribution in [0.1, 0.15) is 30.4 Å². The largest absolute Gasteiger partial charge is 0.395 e. The average molecular weight is 250 g/mol. The summed E-state index contributed by atoms with van der Waals surface area (Å²) in [6.07, 6.45) is 2.94. The van der Waals surface area contributed by atoms with E-state index in [1.807, 2.05) is 31.2 Å². The number of rotatable bonds is 5. The molecule has 1 fully saturated rings. The SMILES string of the molecule is Cc1ccccc1C(CO)(CO)CC1CCCO1. The minimum absolute atomic E-state index is 0.0474. The van der Waals surface area contributed by atoms with Crippen molar-refractivity contribution >= 4 is 0 Å². The standard InChI is InChI=1S/C15H22O3/c1-12-5-2-3-7-14(12)15(10-16,11-17)9-13-6-4-8-18-13/h2-3,5,7,13,16-17H,4,6,8-11H2,1H3. The highest BCUT2D eigenvalue weighted by Gasteiger charge is 2.36. The van der Waals surface area contributed by atoms with Gasteiger partial charge in [-0.05, 0) is 37.3 Å². The lowest BCUT2D eigenvalue weighted by atomic mass is 9.75. The number of hydrogen-bond acceptors (Lipinski definition) is 3. The highest BCUT2D eigenvalue weighted by molar-refractivity contribution is 5.34. The van der Waals surface area contributed by atoms with Crippen LogP contribution in [0, 0.1) is 6.92 Å². The first-order valence-electron chi connectivity index (χ1n) is 6.61. The van der Waals surface area contributed by atoms with E-state index < -0.39 is 5.41 Å². The fourth-order valence-corrected chi connectivity index (χ4v) is 2.87. The van der Waals surface area contributed by atoms with E-state index in [2.05, 4.69) is 0 Å². The zero-order valence-corrected chi connectivity index (χ0v) is 10.9. The molecular weight excluding hydrogens is 228 g/mol. The molecule has 0 bridgehead atoms. The van der Waals surface area contributed by atoms with Gasteiger partial charge in [0, 0.05) is 12.0 Å². The zero-order valence-electron chi connectivity index (χ0n) is 10.9. The first kappa shape index (κ1) is 13.5. The molecule has 1 aromatic carbocycles. The van der Waals surface area contributed by atoms with Crippen LogP contribution < -0.4 is 0 Å². The fourth-order valence-electron chi connectivity index (χ4n) is 2.87. The predicted octanol–water partition coefficient (Wildman–Crippen LogP) is 1.79. The first-order valence-corrected chi connectivity index (χ1v) is 6.61. The van der Waals surface area contributed by atoms with E-state index in [9.17, 15) is 10.2 Å². The van der Waals surface area contributed by atoms with Crippen molar-refractivity contribution in [1.82, 2.24) is 0 Å². The third-order valence-corrected chi connectivity index (χ3v) is 3.96. The lowest BCUT2D eigenvalue weighted by Gasteiger charge is -2.34. The summed E-state index contributed by atoms with van der Waals surface area (Å²) in [5.74, 6) is 0. The number of aryl methyl sites for hydroxylation is 1. The Bertz CT molecular complexity index is 379. The molecule has 18 heavy (non-hydrogen) atoms. The Morgan fingerprint density at radius 2 is 2.00 bits per heavy atom. The van der Waals surface area contributed by atoms with Gasteiger partial charge >= 0.3 is 0 Å². The Morgan fingerprint density at radius 3 is 2.56 bits per heavy atom. The van der Waals surface area contributed by atoms with Crippen molar-refractivity contribution < 1.29 is 14.9 Å². The van der Waals surface area contributed by atoms with E-state index in [-0.39, 0.29) is 19.3 Å². The molecule has 0 spiro atoms. The van der Waals surface area contributed by atoms with Gasteiger partial charge in [0.05, 0.1) is 19.3 Å². The molecular formula is C15H22O3. The fraction of sp³-hybridized carbons (Fsp3) is 0.600. The van der Waals surface area contributed by atoms with Gasteiger partial charge in [0.25, 0.3) is 0 Å². The van der Waals surface area contributed by atoms with Crippen LogP contribution in [0.3, 0.4) is 0 Å². The second-order valence-corrected chi connectivity index (χ2v) is 5.25. The normalized spacial score (nSPS) is 20.3. The van der Waals surface area contributed by atoms with Crippen LogP contribution >= 0.6 is 0 Å². The van der Waals surface area contributed by atoms with E-state index >= 15 is 0 Å². The van der Waals surface area contributed by atoms with E-state index in [1.54, 1.807) is 0 Å². The Labute approximate surface area is 108 Å². The Kier molecular flexibility index (Phi) is 4.38. The topological polar surface area (TPSA) is 49.7 Å². The quantitative estimate of drug-likeness (QED) is 0.837. The third-order valence-electron chi connectivity index (χ3n) is 3.96. The molecule has 1 unspecified atom stereocenters. The minimum atomic E-state index is -0.583. The summed E-state index contributed by atoms with van der Waals surface area (Å²) in [6, 6.07) is 7.95. The van der Waals surface area contributed by atoms with Crippen molar-refractivity contribution in [3.05, 3.63) is 35.4 Å². The predicted molar refractivity (Wildman–Crippen MR) is 70.6 cm³/mol.